The van der Waals surface area contributed by atoms with Gasteiger partial charge in [0.1, 0.15) is 5.60 Å². The van der Waals surface area contributed by atoms with Crippen molar-refractivity contribution in [2.75, 3.05) is 0 Å². The Labute approximate surface area is 127 Å². The number of halogens is 2. The summed E-state index contributed by atoms with van der Waals surface area (Å²) in [6.45, 7) is 0. The molecule has 0 spiro atoms. The highest BCUT2D eigenvalue weighted by molar-refractivity contribution is 5.85. The van der Waals surface area contributed by atoms with Crippen LogP contribution < -0.4 is 5.32 Å². The highest BCUT2D eigenvalue weighted by Crippen LogP contribution is 2.44. The molecule has 0 saturated heterocycles. The van der Waals surface area contributed by atoms with Gasteiger partial charge in [0.2, 0.25) is 0 Å². The van der Waals surface area contributed by atoms with E-state index in [4.69, 9.17) is 0 Å². The minimum atomic E-state index is -3.74. The van der Waals surface area contributed by atoms with E-state index in [1.807, 2.05) is 0 Å². The number of carbonyl (C=O) groups excluding carboxylic acids is 1. The summed E-state index contributed by atoms with van der Waals surface area (Å²) < 4.78 is 30.1. The third-order valence-electron chi connectivity index (χ3n) is 4.96. The summed E-state index contributed by atoms with van der Waals surface area (Å²) in [6, 6.07) is 1.29. The molecular formula is C15H21F2N3O2. The summed E-state index contributed by atoms with van der Waals surface area (Å²) >= 11 is 0. The molecule has 2 aliphatic rings. The molecule has 1 heterocycles. The Balaban J connectivity index is 1.71. The third kappa shape index (κ3) is 2.51. The normalized spacial score (nSPS) is 28.0. The van der Waals surface area contributed by atoms with Gasteiger partial charge in [-0.3, -0.25) is 9.48 Å². The number of rotatable bonds is 4. The van der Waals surface area contributed by atoms with Crippen molar-refractivity contribution in [2.24, 2.45) is 0 Å². The van der Waals surface area contributed by atoms with Crippen LogP contribution >= 0.6 is 0 Å². The molecule has 2 fully saturated rings. The fraction of sp³-hybridized carbons (Fsp3) is 0.733. The number of aliphatic hydroxyl groups is 1. The van der Waals surface area contributed by atoms with E-state index in [0.717, 1.165) is 19.3 Å². The zero-order valence-corrected chi connectivity index (χ0v) is 12.3. The molecule has 22 heavy (non-hydrogen) atoms. The molecule has 2 unspecified atom stereocenters. The van der Waals surface area contributed by atoms with E-state index in [0.29, 0.717) is 12.8 Å². The summed E-state index contributed by atoms with van der Waals surface area (Å²) in [6.07, 6.45) is 7.20. The molecule has 7 heteroatoms. The zero-order chi connectivity index (χ0) is 15.8. The van der Waals surface area contributed by atoms with Gasteiger partial charge < -0.3 is 10.4 Å². The van der Waals surface area contributed by atoms with E-state index in [-0.39, 0.29) is 24.9 Å². The molecule has 2 N–H and O–H groups in total. The maximum atomic E-state index is 14.2. The van der Waals surface area contributed by atoms with Crippen LogP contribution in [0, 0.1) is 0 Å². The van der Waals surface area contributed by atoms with Gasteiger partial charge >= 0.3 is 5.92 Å². The van der Waals surface area contributed by atoms with Gasteiger partial charge in [0.05, 0.1) is 12.1 Å². The van der Waals surface area contributed by atoms with Crippen molar-refractivity contribution in [3.8, 4) is 0 Å². The first-order valence-corrected chi connectivity index (χ1v) is 7.84. The third-order valence-corrected chi connectivity index (χ3v) is 4.96. The van der Waals surface area contributed by atoms with Gasteiger partial charge in [0, 0.05) is 12.4 Å². The smallest absolute Gasteiger partial charge is 0.352 e. The van der Waals surface area contributed by atoms with E-state index in [2.05, 4.69) is 10.4 Å². The van der Waals surface area contributed by atoms with Crippen molar-refractivity contribution in [2.45, 2.75) is 68.6 Å². The number of hydrogen-bond donors (Lipinski definition) is 2. The number of aromatic nitrogens is 2. The van der Waals surface area contributed by atoms with Crippen LogP contribution in [0.25, 0.3) is 0 Å². The summed E-state index contributed by atoms with van der Waals surface area (Å²) in [7, 11) is 0. The molecule has 0 aromatic carbocycles. The summed E-state index contributed by atoms with van der Waals surface area (Å²) in [4.78, 5) is 12.0. The summed E-state index contributed by atoms with van der Waals surface area (Å²) in [5.41, 5.74) is -2.17. The average Bonchev–Trinajstić information content (AvgIpc) is 2.99. The van der Waals surface area contributed by atoms with Crippen LogP contribution in [-0.2, 0) is 4.79 Å². The average molecular weight is 313 g/mol. The van der Waals surface area contributed by atoms with Crippen molar-refractivity contribution >= 4 is 5.91 Å². The Morgan fingerprint density at radius 2 is 2.05 bits per heavy atom. The van der Waals surface area contributed by atoms with Crippen molar-refractivity contribution in [3.05, 3.63) is 18.5 Å². The van der Waals surface area contributed by atoms with Gasteiger partial charge in [-0.25, -0.2) is 0 Å². The molecule has 1 amide bonds. The molecule has 2 atom stereocenters. The lowest BCUT2D eigenvalue weighted by Gasteiger charge is -2.42. The molecular weight excluding hydrogens is 292 g/mol. The summed E-state index contributed by atoms with van der Waals surface area (Å²) in [5.74, 6) is -5.10. The number of alkyl halides is 2. The predicted octanol–water partition coefficient (Wildman–Crippen LogP) is 2.03. The number of amides is 1. The monoisotopic (exact) mass is 313 g/mol. The molecule has 1 aromatic rings. The van der Waals surface area contributed by atoms with Crippen LogP contribution in [0.2, 0.25) is 0 Å². The van der Waals surface area contributed by atoms with Crippen LogP contribution in [-0.4, -0.2) is 38.4 Å². The quantitative estimate of drug-likeness (QED) is 0.894. The molecule has 0 radical (unpaired) electrons. The van der Waals surface area contributed by atoms with E-state index in [9.17, 15) is 18.7 Å². The Kier molecular flexibility index (Phi) is 3.92. The first-order chi connectivity index (χ1) is 10.4. The fourth-order valence-electron chi connectivity index (χ4n) is 3.37. The predicted molar refractivity (Wildman–Crippen MR) is 75.4 cm³/mol. The lowest BCUT2D eigenvalue weighted by atomic mass is 9.75. The number of carbonyl (C=O) groups is 1. The Hall–Kier alpha value is -1.50. The molecule has 3 rings (SSSR count). The van der Waals surface area contributed by atoms with Crippen LogP contribution in [0.1, 0.15) is 51.0 Å². The highest BCUT2D eigenvalue weighted by atomic mass is 19.3. The standard InChI is InChI=1S/C15H21F2N3O2/c16-15(17,14(22)7-3-8-14)13(21)19-11-5-1-2-6-12(11)20-10-4-9-18-20/h4,9-12,22H,1-3,5-8H2,(H,19,21). The van der Waals surface area contributed by atoms with E-state index in [1.165, 1.54) is 0 Å². The van der Waals surface area contributed by atoms with Gasteiger partial charge in [-0.1, -0.05) is 12.8 Å². The number of nitrogens with zero attached hydrogens (tertiary/aromatic N) is 2. The van der Waals surface area contributed by atoms with E-state index >= 15 is 0 Å². The van der Waals surface area contributed by atoms with Crippen LogP contribution in [0.5, 0.6) is 0 Å². The first-order valence-electron chi connectivity index (χ1n) is 7.84. The molecule has 5 nitrogen and oxygen atoms in total. The minimum absolute atomic E-state index is 0.0271. The van der Waals surface area contributed by atoms with Gasteiger partial charge in [0.25, 0.3) is 5.91 Å². The molecule has 0 bridgehead atoms. The second kappa shape index (κ2) is 5.61. The Morgan fingerprint density at radius 3 is 2.64 bits per heavy atom. The topological polar surface area (TPSA) is 67.2 Å². The highest BCUT2D eigenvalue weighted by Gasteiger charge is 2.61. The van der Waals surface area contributed by atoms with Crippen molar-refractivity contribution in [1.29, 1.82) is 0 Å². The number of hydrogen-bond acceptors (Lipinski definition) is 3. The van der Waals surface area contributed by atoms with E-state index < -0.39 is 17.4 Å². The maximum Gasteiger partial charge on any atom is 0.352 e. The SMILES string of the molecule is O=C(NC1CCCCC1n1cccn1)C(F)(F)C1(O)CCC1. The molecule has 122 valence electrons. The maximum absolute atomic E-state index is 14.2. The van der Waals surface area contributed by atoms with Gasteiger partial charge in [-0.05, 0) is 38.2 Å². The molecule has 0 aliphatic heterocycles. The first kappa shape index (κ1) is 15.4. The second-order valence-corrected chi connectivity index (χ2v) is 6.38. The van der Waals surface area contributed by atoms with Crippen LogP contribution in [0.4, 0.5) is 8.78 Å². The Bertz CT molecular complexity index is 529. The fourth-order valence-corrected chi connectivity index (χ4v) is 3.37. The van der Waals surface area contributed by atoms with Crippen molar-refractivity contribution < 1.29 is 18.7 Å². The Morgan fingerprint density at radius 1 is 1.32 bits per heavy atom. The lowest BCUT2D eigenvalue weighted by Crippen LogP contribution is -2.62. The molecule has 2 aliphatic carbocycles. The van der Waals surface area contributed by atoms with Crippen molar-refractivity contribution in [1.82, 2.24) is 15.1 Å². The number of nitrogens with one attached hydrogen (secondary N) is 1. The lowest BCUT2D eigenvalue weighted by molar-refractivity contribution is -0.216. The van der Waals surface area contributed by atoms with Crippen molar-refractivity contribution in [3.63, 3.8) is 0 Å². The summed E-state index contributed by atoms with van der Waals surface area (Å²) in [5, 5.41) is 16.5. The molecule has 1 aromatic heterocycles. The van der Waals surface area contributed by atoms with Crippen LogP contribution in [0.3, 0.4) is 0 Å². The van der Waals surface area contributed by atoms with Gasteiger partial charge in [-0.15, -0.1) is 0 Å². The zero-order valence-electron chi connectivity index (χ0n) is 12.3. The molecule has 2 saturated carbocycles. The van der Waals surface area contributed by atoms with E-state index in [1.54, 1.807) is 23.1 Å². The largest absolute Gasteiger partial charge is 0.383 e. The van der Waals surface area contributed by atoms with Gasteiger partial charge in [0.15, 0.2) is 0 Å². The van der Waals surface area contributed by atoms with Gasteiger partial charge in [-0.2, -0.15) is 13.9 Å². The second-order valence-electron chi connectivity index (χ2n) is 6.38. The van der Waals surface area contributed by atoms with Crippen LogP contribution in [0.15, 0.2) is 18.5 Å². The minimum Gasteiger partial charge on any atom is -0.383 e.